The molecule has 2 aromatic rings. The van der Waals surface area contributed by atoms with Gasteiger partial charge in [0.25, 0.3) is 0 Å². The smallest absolute Gasteiger partial charge is 0.160 e. The monoisotopic (exact) mass is 245 g/mol. The lowest BCUT2D eigenvalue weighted by atomic mass is 10.1. The van der Waals surface area contributed by atoms with Gasteiger partial charge in [-0.05, 0) is 38.1 Å². The Labute approximate surface area is 107 Å². The third-order valence-corrected chi connectivity index (χ3v) is 3.82. The van der Waals surface area contributed by atoms with E-state index in [1.165, 1.54) is 19.4 Å². The molecule has 1 fully saturated rings. The SMILES string of the molecule is CCN1CCCC1Cc1nnc2ccc(N)cn12. The third-order valence-electron chi connectivity index (χ3n) is 3.82. The molecule has 0 saturated carbocycles. The van der Waals surface area contributed by atoms with E-state index in [1.807, 2.05) is 22.7 Å². The number of nitrogens with zero attached hydrogens (tertiary/aromatic N) is 4. The maximum absolute atomic E-state index is 5.83. The number of likely N-dealkylation sites (tertiary alicyclic amines) is 1. The van der Waals surface area contributed by atoms with Gasteiger partial charge in [-0.15, -0.1) is 10.2 Å². The van der Waals surface area contributed by atoms with Gasteiger partial charge >= 0.3 is 0 Å². The molecule has 2 aromatic heterocycles. The number of fused-ring (bicyclic) bond motifs is 1. The van der Waals surface area contributed by atoms with Crippen molar-refractivity contribution in [2.75, 3.05) is 18.8 Å². The average molecular weight is 245 g/mol. The standard InChI is InChI=1S/C13H19N5/c1-2-17-7-3-4-11(17)8-13-16-15-12-6-5-10(14)9-18(12)13/h5-6,9,11H,2-4,7-8,14H2,1H3. The first-order valence-corrected chi connectivity index (χ1v) is 6.61. The van der Waals surface area contributed by atoms with Crippen molar-refractivity contribution in [2.24, 2.45) is 0 Å². The van der Waals surface area contributed by atoms with Crippen LogP contribution in [0.2, 0.25) is 0 Å². The summed E-state index contributed by atoms with van der Waals surface area (Å²) in [4.78, 5) is 2.52. The number of rotatable bonds is 3. The highest BCUT2D eigenvalue weighted by atomic mass is 15.3. The predicted octanol–water partition coefficient (Wildman–Crippen LogP) is 1.34. The number of likely N-dealkylation sites (N-methyl/N-ethyl adjacent to an activating group) is 1. The van der Waals surface area contributed by atoms with E-state index in [0.29, 0.717) is 6.04 Å². The predicted molar refractivity (Wildman–Crippen MR) is 71.4 cm³/mol. The topological polar surface area (TPSA) is 59.5 Å². The summed E-state index contributed by atoms with van der Waals surface area (Å²) >= 11 is 0. The van der Waals surface area contributed by atoms with Crippen LogP contribution in [0.15, 0.2) is 18.3 Å². The van der Waals surface area contributed by atoms with Crippen LogP contribution in [-0.2, 0) is 6.42 Å². The van der Waals surface area contributed by atoms with Gasteiger partial charge in [0.05, 0.1) is 0 Å². The Morgan fingerprint density at radius 2 is 2.28 bits per heavy atom. The first-order valence-electron chi connectivity index (χ1n) is 6.61. The van der Waals surface area contributed by atoms with Crippen LogP contribution in [0.1, 0.15) is 25.6 Å². The zero-order valence-electron chi connectivity index (χ0n) is 10.7. The second-order valence-corrected chi connectivity index (χ2v) is 4.94. The maximum Gasteiger partial charge on any atom is 0.160 e. The molecule has 0 bridgehead atoms. The van der Waals surface area contributed by atoms with Gasteiger partial charge in [0.2, 0.25) is 0 Å². The molecule has 5 nitrogen and oxygen atoms in total. The largest absolute Gasteiger partial charge is 0.398 e. The lowest BCUT2D eigenvalue weighted by Crippen LogP contribution is -2.31. The Bertz CT molecular complexity index is 547. The number of aromatic nitrogens is 3. The van der Waals surface area contributed by atoms with E-state index >= 15 is 0 Å². The fourth-order valence-electron chi connectivity index (χ4n) is 2.85. The van der Waals surface area contributed by atoms with Crippen LogP contribution in [0.5, 0.6) is 0 Å². The van der Waals surface area contributed by atoms with Gasteiger partial charge in [0, 0.05) is 24.3 Å². The van der Waals surface area contributed by atoms with Gasteiger partial charge in [-0.3, -0.25) is 4.40 Å². The van der Waals surface area contributed by atoms with E-state index in [4.69, 9.17) is 5.73 Å². The first kappa shape index (κ1) is 11.5. The van der Waals surface area contributed by atoms with Crippen molar-refractivity contribution in [3.05, 3.63) is 24.2 Å². The molecular formula is C13H19N5. The Morgan fingerprint density at radius 3 is 3.11 bits per heavy atom. The summed E-state index contributed by atoms with van der Waals surface area (Å²) in [5.74, 6) is 1.02. The zero-order chi connectivity index (χ0) is 12.5. The van der Waals surface area contributed by atoms with Crippen molar-refractivity contribution < 1.29 is 0 Å². The first-order chi connectivity index (χ1) is 8.78. The number of hydrogen-bond acceptors (Lipinski definition) is 4. The molecule has 5 heteroatoms. The average Bonchev–Trinajstić information content (AvgIpc) is 2.97. The Kier molecular flexibility index (Phi) is 2.91. The lowest BCUT2D eigenvalue weighted by Gasteiger charge is -2.21. The summed E-state index contributed by atoms with van der Waals surface area (Å²) in [6.07, 6.45) is 5.41. The van der Waals surface area contributed by atoms with Crippen molar-refractivity contribution in [1.29, 1.82) is 0 Å². The van der Waals surface area contributed by atoms with Gasteiger partial charge in [-0.2, -0.15) is 0 Å². The summed E-state index contributed by atoms with van der Waals surface area (Å²) in [7, 11) is 0. The molecule has 1 saturated heterocycles. The minimum atomic E-state index is 0.601. The molecule has 1 atom stereocenters. The number of hydrogen-bond donors (Lipinski definition) is 1. The molecule has 18 heavy (non-hydrogen) atoms. The van der Waals surface area contributed by atoms with Crippen LogP contribution in [0.4, 0.5) is 5.69 Å². The minimum Gasteiger partial charge on any atom is -0.398 e. The molecule has 3 heterocycles. The molecule has 0 aliphatic carbocycles. The molecule has 0 aromatic carbocycles. The maximum atomic E-state index is 5.83. The van der Waals surface area contributed by atoms with Crippen LogP contribution in [0, 0.1) is 0 Å². The van der Waals surface area contributed by atoms with Crippen molar-refractivity contribution in [1.82, 2.24) is 19.5 Å². The Hall–Kier alpha value is -1.62. The minimum absolute atomic E-state index is 0.601. The quantitative estimate of drug-likeness (QED) is 0.886. The fraction of sp³-hybridized carbons (Fsp3) is 0.538. The van der Waals surface area contributed by atoms with Gasteiger partial charge in [0.15, 0.2) is 5.65 Å². The highest BCUT2D eigenvalue weighted by Crippen LogP contribution is 2.20. The zero-order valence-corrected chi connectivity index (χ0v) is 10.7. The molecule has 0 radical (unpaired) electrons. The molecule has 96 valence electrons. The number of nitrogens with two attached hydrogens (primary N) is 1. The van der Waals surface area contributed by atoms with Gasteiger partial charge in [-0.25, -0.2) is 0 Å². The molecule has 3 rings (SSSR count). The molecule has 1 aliphatic heterocycles. The van der Waals surface area contributed by atoms with E-state index in [-0.39, 0.29) is 0 Å². The Balaban J connectivity index is 1.88. The van der Waals surface area contributed by atoms with Crippen LogP contribution in [-0.4, -0.2) is 38.6 Å². The van der Waals surface area contributed by atoms with Crippen LogP contribution in [0.25, 0.3) is 5.65 Å². The summed E-state index contributed by atoms with van der Waals surface area (Å²) < 4.78 is 2.02. The van der Waals surface area contributed by atoms with Crippen molar-refractivity contribution in [3.63, 3.8) is 0 Å². The normalized spacial score (nSPS) is 20.8. The second kappa shape index (κ2) is 4.57. The molecular weight excluding hydrogens is 226 g/mol. The van der Waals surface area contributed by atoms with E-state index in [0.717, 1.165) is 30.1 Å². The van der Waals surface area contributed by atoms with Crippen molar-refractivity contribution in [3.8, 4) is 0 Å². The second-order valence-electron chi connectivity index (χ2n) is 4.94. The summed E-state index contributed by atoms with van der Waals surface area (Å²) in [6, 6.07) is 4.38. The fourth-order valence-corrected chi connectivity index (χ4v) is 2.85. The summed E-state index contributed by atoms with van der Waals surface area (Å²) in [5, 5.41) is 8.49. The summed E-state index contributed by atoms with van der Waals surface area (Å²) in [5.41, 5.74) is 7.45. The molecule has 1 aliphatic rings. The van der Waals surface area contributed by atoms with Crippen LogP contribution < -0.4 is 5.73 Å². The van der Waals surface area contributed by atoms with E-state index in [2.05, 4.69) is 22.0 Å². The van der Waals surface area contributed by atoms with E-state index < -0.39 is 0 Å². The lowest BCUT2D eigenvalue weighted by molar-refractivity contribution is 0.263. The number of nitrogen functional groups attached to an aromatic ring is 1. The molecule has 0 spiro atoms. The van der Waals surface area contributed by atoms with Gasteiger partial charge in [-0.1, -0.05) is 6.92 Å². The highest BCUT2D eigenvalue weighted by Gasteiger charge is 2.24. The summed E-state index contributed by atoms with van der Waals surface area (Å²) in [6.45, 7) is 4.54. The van der Waals surface area contributed by atoms with Gasteiger partial charge < -0.3 is 10.6 Å². The molecule has 1 unspecified atom stereocenters. The number of anilines is 1. The van der Waals surface area contributed by atoms with Crippen molar-refractivity contribution >= 4 is 11.3 Å². The third kappa shape index (κ3) is 1.95. The van der Waals surface area contributed by atoms with Crippen LogP contribution >= 0.6 is 0 Å². The van der Waals surface area contributed by atoms with Crippen LogP contribution in [0.3, 0.4) is 0 Å². The van der Waals surface area contributed by atoms with Gasteiger partial charge in [0.1, 0.15) is 5.82 Å². The van der Waals surface area contributed by atoms with Crippen molar-refractivity contribution in [2.45, 2.75) is 32.2 Å². The molecule has 0 amide bonds. The Morgan fingerprint density at radius 1 is 1.39 bits per heavy atom. The van der Waals surface area contributed by atoms with E-state index in [9.17, 15) is 0 Å². The number of pyridine rings is 1. The molecule has 2 N–H and O–H groups in total. The van der Waals surface area contributed by atoms with E-state index in [1.54, 1.807) is 0 Å². The highest BCUT2D eigenvalue weighted by molar-refractivity contribution is 5.47.